The number of hydrogen-bond donors (Lipinski definition) is 4. The Morgan fingerprint density at radius 1 is 1.16 bits per heavy atom. The highest BCUT2D eigenvalue weighted by molar-refractivity contribution is 6.00. The molecule has 5 rings (SSSR count). The number of nitrogens with two attached hydrogens (primary N) is 1. The van der Waals surface area contributed by atoms with Crippen molar-refractivity contribution in [3.8, 4) is 17.5 Å². The van der Waals surface area contributed by atoms with Crippen molar-refractivity contribution in [1.82, 2.24) is 25.2 Å². The molecule has 2 saturated carbocycles. The number of alkyl carbamates (subject to hydrolysis) is 1. The summed E-state index contributed by atoms with van der Waals surface area (Å²) in [6, 6.07) is 9.97. The van der Waals surface area contributed by atoms with Crippen LogP contribution in [-0.4, -0.2) is 58.4 Å². The van der Waals surface area contributed by atoms with Crippen LogP contribution in [0, 0.1) is 17.2 Å². The number of aromatic nitrogens is 3. The van der Waals surface area contributed by atoms with Crippen molar-refractivity contribution in [2.24, 2.45) is 11.7 Å². The smallest absolute Gasteiger partial charge is 0.406 e. The molecular weight excluding hydrogens is 484 g/mol. The van der Waals surface area contributed by atoms with Crippen LogP contribution in [0.2, 0.25) is 0 Å². The minimum Gasteiger partial charge on any atom is -0.449 e. The molecule has 3 aromatic heterocycles. The predicted octanol–water partition coefficient (Wildman–Crippen LogP) is 2.81. The molecule has 2 fully saturated rings. The summed E-state index contributed by atoms with van der Waals surface area (Å²) in [5, 5.41) is 22.7. The first-order valence-electron chi connectivity index (χ1n) is 13.0. The zero-order valence-corrected chi connectivity index (χ0v) is 21.3. The molecule has 11 nitrogen and oxygen atoms in total. The van der Waals surface area contributed by atoms with Gasteiger partial charge in [0.2, 0.25) is 0 Å². The van der Waals surface area contributed by atoms with Crippen LogP contribution in [0.4, 0.5) is 10.5 Å². The molecule has 0 spiro atoms. The molecular formula is C27H32N8O3. The summed E-state index contributed by atoms with van der Waals surface area (Å²) in [7, 11) is 1.54. The number of nitrogens with one attached hydrogen (secondary N) is 3. The Morgan fingerprint density at radius 2 is 1.95 bits per heavy atom. The van der Waals surface area contributed by atoms with E-state index in [0.29, 0.717) is 29.1 Å². The van der Waals surface area contributed by atoms with Crippen molar-refractivity contribution in [1.29, 1.82) is 5.26 Å². The van der Waals surface area contributed by atoms with Gasteiger partial charge in [0.1, 0.15) is 6.07 Å². The molecule has 11 heteroatoms. The molecule has 0 aromatic carbocycles. The quantitative estimate of drug-likeness (QED) is 0.373. The SMILES string of the molecule is CNC(=O)OCC1CC(Nc2cc(-c3ccc4cc(C#N)cnn34)ncc2C(=O)NC2CCC(N)CC2)C1. The fourth-order valence-electron chi connectivity index (χ4n) is 5.15. The molecule has 0 bridgehead atoms. The second-order valence-electron chi connectivity index (χ2n) is 10.1. The van der Waals surface area contributed by atoms with Crippen LogP contribution < -0.4 is 21.7 Å². The number of carbonyl (C=O) groups excluding carboxylic acids is 2. The number of pyridine rings is 1. The number of amides is 2. The van der Waals surface area contributed by atoms with E-state index in [2.05, 4.69) is 32.1 Å². The lowest BCUT2D eigenvalue weighted by molar-refractivity contribution is 0.0923. The third kappa shape index (κ3) is 5.55. The van der Waals surface area contributed by atoms with Gasteiger partial charge in [0.15, 0.2) is 0 Å². The maximum Gasteiger partial charge on any atom is 0.406 e. The fourth-order valence-corrected chi connectivity index (χ4v) is 5.15. The molecule has 3 heterocycles. The molecule has 2 aliphatic carbocycles. The molecule has 5 N–H and O–H groups in total. The number of hydrogen-bond acceptors (Lipinski definition) is 8. The predicted molar refractivity (Wildman–Crippen MR) is 141 cm³/mol. The Labute approximate surface area is 220 Å². The molecule has 0 atom stereocenters. The Hall–Kier alpha value is -4.17. The van der Waals surface area contributed by atoms with Crippen LogP contribution in [-0.2, 0) is 4.74 Å². The number of fused-ring (bicyclic) bond motifs is 1. The van der Waals surface area contributed by atoms with Gasteiger partial charge in [-0.05, 0) is 68.7 Å². The lowest BCUT2D eigenvalue weighted by atomic mass is 9.80. The molecule has 0 radical (unpaired) electrons. The van der Waals surface area contributed by atoms with Crippen LogP contribution >= 0.6 is 0 Å². The van der Waals surface area contributed by atoms with E-state index in [1.165, 1.54) is 13.2 Å². The van der Waals surface area contributed by atoms with Crippen molar-refractivity contribution in [2.75, 3.05) is 19.0 Å². The molecule has 198 valence electrons. The van der Waals surface area contributed by atoms with E-state index in [9.17, 15) is 14.9 Å². The second-order valence-corrected chi connectivity index (χ2v) is 10.1. The number of anilines is 1. The third-order valence-corrected chi connectivity index (χ3v) is 7.40. The highest BCUT2D eigenvalue weighted by Gasteiger charge is 2.31. The Bertz CT molecular complexity index is 1370. The average molecular weight is 517 g/mol. The lowest BCUT2D eigenvalue weighted by Crippen LogP contribution is -2.41. The fraction of sp³-hybridized carbons (Fsp3) is 0.444. The van der Waals surface area contributed by atoms with Gasteiger partial charge in [-0.2, -0.15) is 10.4 Å². The maximum atomic E-state index is 13.3. The highest BCUT2D eigenvalue weighted by Crippen LogP contribution is 2.33. The number of carbonyl (C=O) groups is 2. The zero-order valence-electron chi connectivity index (χ0n) is 21.3. The molecule has 0 unspecified atom stereocenters. The number of ether oxygens (including phenoxy) is 1. The maximum absolute atomic E-state index is 13.3. The van der Waals surface area contributed by atoms with Crippen LogP contribution in [0.15, 0.2) is 36.7 Å². The summed E-state index contributed by atoms with van der Waals surface area (Å²) in [5.74, 6) is 0.102. The first kappa shape index (κ1) is 25.5. The minimum atomic E-state index is -0.433. The van der Waals surface area contributed by atoms with Gasteiger partial charge in [0.05, 0.1) is 46.5 Å². The van der Waals surface area contributed by atoms with Crippen molar-refractivity contribution in [2.45, 2.75) is 56.7 Å². The van der Waals surface area contributed by atoms with Crippen LogP contribution in [0.3, 0.4) is 0 Å². The molecule has 2 aliphatic rings. The van der Waals surface area contributed by atoms with Gasteiger partial charge >= 0.3 is 6.09 Å². The van der Waals surface area contributed by atoms with Gasteiger partial charge in [-0.25, -0.2) is 9.31 Å². The normalized spacial score (nSPS) is 22.7. The van der Waals surface area contributed by atoms with E-state index in [4.69, 9.17) is 10.5 Å². The lowest BCUT2D eigenvalue weighted by Gasteiger charge is -2.36. The van der Waals surface area contributed by atoms with Gasteiger partial charge in [0, 0.05) is 31.4 Å². The van der Waals surface area contributed by atoms with Crippen LogP contribution in [0.25, 0.3) is 16.9 Å². The molecule has 3 aromatic rings. The van der Waals surface area contributed by atoms with E-state index >= 15 is 0 Å². The molecule has 0 aliphatic heterocycles. The summed E-state index contributed by atoms with van der Waals surface area (Å²) < 4.78 is 6.91. The Balaban J connectivity index is 1.37. The monoisotopic (exact) mass is 516 g/mol. The van der Waals surface area contributed by atoms with E-state index in [1.54, 1.807) is 16.8 Å². The van der Waals surface area contributed by atoms with Gasteiger partial charge in [-0.1, -0.05) is 0 Å². The number of rotatable bonds is 7. The van der Waals surface area contributed by atoms with Gasteiger partial charge in [-0.15, -0.1) is 0 Å². The van der Waals surface area contributed by atoms with Crippen molar-refractivity contribution < 1.29 is 14.3 Å². The van der Waals surface area contributed by atoms with Gasteiger partial charge < -0.3 is 26.4 Å². The largest absolute Gasteiger partial charge is 0.449 e. The van der Waals surface area contributed by atoms with E-state index in [0.717, 1.165) is 49.7 Å². The van der Waals surface area contributed by atoms with Crippen molar-refractivity contribution in [3.05, 3.63) is 47.8 Å². The third-order valence-electron chi connectivity index (χ3n) is 7.40. The standard InChI is InChI=1S/C27H32N8O3/c1-30-27(37)38-15-16-8-20(9-16)33-23-11-24(25-7-6-21-10-17(12-28)13-32-35(21)25)31-14-22(23)26(36)34-19-4-2-18(29)3-5-19/h6-7,10-11,13-14,16,18-20H,2-5,8-9,15,29H2,1H3,(H,30,37)(H,31,33)(H,34,36). The Morgan fingerprint density at radius 3 is 2.68 bits per heavy atom. The first-order valence-corrected chi connectivity index (χ1v) is 13.0. The Kier molecular flexibility index (Phi) is 7.42. The summed E-state index contributed by atoms with van der Waals surface area (Å²) in [6.45, 7) is 0.364. The van der Waals surface area contributed by atoms with E-state index < -0.39 is 6.09 Å². The minimum absolute atomic E-state index is 0.0953. The first-order chi connectivity index (χ1) is 18.4. The molecule has 2 amide bonds. The summed E-state index contributed by atoms with van der Waals surface area (Å²) in [6.07, 6.45) is 7.86. The van der Waals surface area contributed by atoms with Crippen LogP contribution in [0.1, 0.15) is 54.4 Å². The molecule has 38 heavy (non-hydrogen) atoms. The van der Waals surface area contributed by atoms with Gasteiger partial charge in [-0.3, -0.25) is 9.78 Å². The summed E-state index contributed by atoms with van der Waals surface area (Å²) >= 11 is 0. The topological polar surface area (TPSA) is 159 Å². The number of nitrogens with zero attached hydrogens (tertiary/aromatic N) is 4. The average Bonchev–Trinajstić information content (AvgIpc) is 3.34. The van der Waals surface area contributed by atoms with Crippen molar-refractivity contribution >= 4 is 23.2 Å². The number of nitriles is 1. The van der Waals surface area contributed by atoms with Crippen LogP contribution in [0.5, 0.6) is 0 Å². The highest BCUT2D eigenvalue weighted by atomic mass is 16.5. The molecule has 0 saturated heterocycles. The van der Waals surface area contributed by atoms with Crippen molar-refractivity contribution in [3.63, 3.8) is 0 Å². The van der Waals surface area contributed by atoms with E-state index in [-0.39, 0.29) is 30.0 Å². The van der Waals surface area contributed by atoms with Gasteiger partial charge in [0.25, 0.3) is 5.91 Å². The second kappa shape index (κ2) is 11.1. The summed E-state index contributed by atoms with van der Waals surface area (Å²) in [5.41, 5.74) is 9.88. The van der Waals surface area contributed by atoms with E-state index in [1.807, 2.05) is 18.2 Å². The zero-order chi connectivity index (χ0) is 26.6. The summed E-state index contributed by atoms with van der Waals surface area (Å²) in [4.78, 5) is 29.3.